The Hall–Kier alpha value is -2.63. The Balaban J connectivity index is 1.86. The molecule has 0 aliphatic carbocycles. The highest BCUT2D eigenvalue weighted by Gasteiger charge is 2.24. The fraction of sp³-hybridized carbons (Fsp3) is 0.353. The van der Waals surface area contributed by atoms with Crippen molar-refractivity contribution in [2.75, 3.05) is 13.7 Å². The predicted molar refractivity (Wildman–Crippen MR) is 85.6 cm³/mol. The lowest BCUT2D eigenvalue weighted by atomic mass is 9.98. The van der Waals surface area contributed by atoms with Crippen molar-refractivity contribution >= 4 is 5.91 Å². The van der Waals surface area contributed by atoms with Crippen LogP contribution in [0.3, 0.4) is 0 Å². The molecule has 0 radical (unpaired) electrons. The van der Waals surface area contributed by atoms with Crippen LogP contribution in [0.15, 0.2) is 35.1 Å². The summed E-state index contributed by atoms with van der Waals surface area (Å²) in [6.07, 6.45) is 0.749. The molecule has 3 rings (SSSR count). The molecule has 2 aromatic rings. The summed E-state index contributed by atoms with van der Waals surface area (Å²) in [4.78, 5) is 26.0. The Morgan fingerprint density at radius 1 is 1.30 bits per heavy atom. The molecule has 6 heteroatoms. The van der Waals surface area contributed by atoms with Crippen molar-refractivity contribution in [2.24, 2.45) is 0 Å². The quantitative estimate of drug-likeness (QED) is 0.861. The van der Waals surface area contributed by atoms with Gasteiger partial charge < -0.3 is 9.64 Å². The zero-order chi connectivity index (χ0) is 16.4. The molecule has 0 N–H and O–H groups in total. The lowest BCUT2D eigenvalue weighted by Crippen LogP contribution is -2.37. The summed E-state index contributed by atoms with van der Waals surface area (Å²) in [5.74, 6) is 0.716. The highest BCUT2D eigenvalue weighted by atomic mass is 16.5. The standard InChI is InChI=1S/C17H19N3O3/c1-3-20-16(21)8-7-14(18-20)17(22)19-10-9-13-12(11-19)5-4-6-15(13)23-2/h4-8H,3,9-11H2,1-2H3. The zero-order valence-corrected chi connectivity index (χ0v) is 13.3. The first kappa shape index (κ1) is 15.3. The average molecular weight is 313 g/mol. The van der Waals surface area contributed by atoms with Crippen LogP contribution in [0.5, 0.6) is 5.75 Å². The smallest absolute Gasteiger partial charge is 0.274 e. The SMILES string of the molecule is CCn1nc(C(=O)N2CCc3c(cccc3OC)C2)ccc1=O. The predicted octanol–water partition coefficient (Wildman–Crippen LogP) is 1.47. The molecule has 0 spiro atoms. The number of carbonyl (C=O) groups is 1. The monoisotopic (exact) mass is 313 g/mol. The van der Waals surface area contributed by atoms with Gasteiger partial charge in [0, 0.05) is 31.3 Å². The first-order chi connectivity index (χ1) is 11.1. The lowest BCUT2D eigenvalue weighted by Gasteiger charge is -2.29. The maximum absolute atomic E-state index is 12.7. The van der Waals surface area contributed by atoms with Crippen molar-refractivity contribution in [3.63, 3.8) is 0 Å². The van der Waals surface area contributed by atoms with Crippen LogP contribution in [-0.2, 0) is 19.5 Å². The maximum Gasteiger partial charge on any atom is 0.274 e. The third-order valence-corrected chi connectivity index (χ3v) is 4.12. The number of hydrogen-bond acceptors (Lipinski definition) is 4. The topological polar surface area (TPSA) is 64.4 Å². The lowest BCUT2D eigenvalue weighted by molar-refractivity contribution is 0.0725. The van der Waals surface area contributed by atoms with Crippen molar-refractivity contribution in [3.05, 3.63) is 57.5 Å². The molecule has 2 heterocycles. The molecule has 0 fully saturated rings. The van der Waals surface area contributed by atoms with Gasteiger partial charge in [0.2, 0.25) is 0 Å². The number of amides is 1. The number of aromatic nitrogens is 2. The van der Waals surface area contributed by atoms with E-state index in [2.05, 4.69) is 5.10 Å². The van der Waals surface area contributed by atoms with Crippen LogP contribution in [0.25, 0.3) is 0 Å². The van der Waals surface area contributed by atoms with Gasteiger partial charge in [-0.05, 0) is 31.0 Å². The highest BCUT2D eigenvalue weighted by Crippen LogP contribution is 2.28. The van der Waals surface area contributed by atoms with E-state index in [4.69, 9.17) is 4.74 Å². The normalized spacial score (nSPS) is 13.6. The van der Waals surface area contributed by atoms with Crippen LogP contribution in [0.4, 0.5) is 0 Å². The number of carbonyl (C=O) groups excluding carboxylic acids is 1. The van der Waals surface area contributed by atoms with Crippen LogP contribution >= 0.6 is 0 Å². The Kier molecular flexibility index (Phi) is 4.14. The van der Waals surface area contributed by atoms with E-state index in [0.717, 1.165) is 23.3 Å². The second-order valence-electron chi connectivity index (χ2n) is 5.45. The first-order valence-corrected chi connectivity index (χ1v) is 7.66. The van der Waals surface area contributed by atoms with Gasteiger partial charge in [0.1, 0.15) is 11.4 Å². The zero-order valence-electron chi connectivity index (χ0n) is 13.3. The van der Waals surface area contributed by atoms with E-state index >= 15 is 0 Å². The van der Waals surface area contributed by atoms with Gasteiger partial charge in [-0.25, -0.2) is 4.68 Å². The average Bonchev–Trinajstić information content (AvgIpc) is 2.60. The Bertz CT molecular complexity index is 798. The molecule has 0 bridgehead atoms. The van der Waals surface area contributed by atoms with Crippen molar-refractivity contribution in [3.8, 4) is 5.75 Å². The molecular formula is C17H19N3O3. The minimum atomic E-state index is -0.197. The van der Waals surface area contributed by atoms with Gasteiger partial charge in [0.25, 0.3) is 11.5 Å². The molecule has 0 saturated heterocycles. The summed E-state index contributed by atoms with van der Waals surface area (Å²) in [6.45, 7) is 3.41. The molecule has 1 aromatic carbocycles. The summed E-state index contributed by atoms with van der Waals surface area (Å²) in [6, 6.07) is 8.77. The van der Waals surface area contributed by atoms with Gasteiger partial charge in [0.05, 0.1) is 7.11 Å². The van der Waals surface area contributed by atoms with Gasteiger partial charge in [0.15, 0.2) is 0 Å². The minimum absolute atomic E-state index is 0.152. The third-order valence-electron chi connectivity index (χ3n) is 4.12. The van der Waals surface area contributed by atoms with Gasteiger partial charge in [-0.3, -0.25) is 9.59 Å². The number of aryl methyl sites for hydroxylation is 1. The number of methoxy groups -OCH3 is 1. The molecule has 0 atom stereocenters. The van der Waals surface area contributed by atoms with E-state index < -0.39 is 0 Å². The van der Waals surface area contributed by atoms with Crippen molar-refractivity contribution in [1.82, 2.24) is 14.7 Å². The summed E-state index contributed by atoms with van der Waals surface area (Å²) >= 11 is 0. The number of ether oxygens (including phenoxy) is 1. The van der Waals surface area contributed by atoms with Crippen molar-refractivity contribution in [2.45, 2.75) is 26.4 Å². The Morgan fingerprint density at radius 3 is 2.87 bits per heavy atom. The van der Waals surface area contributed by atoms with Crippen LogP contribution < -0.4 is 10.3 Å². The largest absolute Gasteiger partial charge is 0.496 e. The van der Waals surface area contributed by atoms with E-state index in [0.29, 0.717) is 25.3 Å². The molecule has 1 amide bonds. The van der Waals surface area contributed by atoms with Gasteiger partial charge in [-0.15, -0.1) is 0 Å². The fourth-order valence-corrected chi connectivity index (χ4v) is 2.89. The molecule has 0 saturated carbocycles. The number of rotatable bonds is 3. The van der Waals surface area contributed by atoms with E-state index in [9.17, 15) is 9.59 Å². The molecule has 23 heavy (non-hydrogen) atoms. The van der Waals surface area contributed by atoms with Crippen LogP contribution in [0.1, 0.15) is 28.5 Å². The maximum atomic E-state index is 12.7. The number of benzene rings is 1. The summed E-state index contributed by atoms with van der Waals surface area (Å²) in [5.41, 5.74) is 2.36. The van der Waals surface area contributed by atoms with Gasteiger partial charge >= 0.3 is 0 Å². The highest BCUT2D eigenvalue weighted by molar-refractivity contribution is 5.92. The second-order valence-corrected chi connectivity index (χ2v) is 5.45. The molecule has 1 aliphatic rings. The molecule has 6 nitrogen and oxygen atoms in total. The van der Waals surface area contributed by atoms with Crippen LogP contribution in [0, 0.1) is 0 Å². The molecule has 120 valence electrons. The summed E-state index contributed by atoms with van der Waals surface area (Å²) in [7, 11) is 1.66. The van der Waals surface area contributed by atoms with Gasteiger partial charge in [-0.1, -0.05) is 12.1 Å². The molecular weight excluding hydrogens is 294 g/mol. The molecule has 0 unspecified atom stereocenters. The fourth-order valence-electron chi connectivity index (χ4n) is 2.89. The van der Waals surface area contributed by atoms with E-state index in [1.807, 2.05) is 25.1 Å². The van der Waals surface area contributed by atoms with Crippen molar-refractivity contribution < 1.29 is 9.53 Å². The third kappa shape index (κ3) is 2.84. The summed E-state index contributed by atoms with van der Waals surface area (Å²) < 4.78 is 6.68. The Labute approximate surface area is 134 Å². The summed E-state index contributed by atoms with van der Waals surface area (Å²) in [5, 5.41) is 4.14. The molecule has 1 aliphatic heterocycles. The van der Waals surface area contributed by atoms with Crippen molar-refractivity contribution in [1.29, 1.82) is 0 Å². The number of nitrogens with zero attached hydrogens (tertiary/aromatic N) is 3. The van der Waals surface area contributed by atoms with Crippen LogP contribution in [0.2, 0.25) is 0 Å². The van der Waals surface area contributed by atoms with Gasteiger partial charge in [-0.2, -0.15) is 5.10 Å². The van der Waals surface area contributed by atoms with E-state index in [-0.39, 0.29) is 11.5 Å². The second kappa shape index (κ2) is 6.24. The Morgan fingerprint density at radius 2 is 2.13 bits per heavy atom. The molecule has 1 aromatic heterocycles. The first-order valence-electron chi connectivity index (χ1n) is 7.66. The van der Waals surface area contributed by atoms with Crippen LogP contribution in [-0.4, -0.2) is 34.2 Å². The minimum Gasteiger partial charge on any atom is -0.496 e. The van der Waals surface area contributed by atoms with E-state index in [1.54, 1.807) is 12.0 Å². The number of hydrogen-bond donors (Lipinski definition) is 0. The van der Waals surface area contributed by atoms with E-state index in [1.165, 1.54) is 16.8 Å². The number of fused-ring (bicyclic) bond motifs is 1.